The molecule has 0 aliphatic rings. The van der Waals surface area contributed by atoms with Gasteiger partial charge in [-0.25, -0.2) is 5.43 Å². The summed E-state index contributed by atoms with van der Waals surface area (Å²) < 4.78 is 0. The van der Waals surface area contributed by atoms with Crippen LogP contribution in [0.25, 0.3) is 16.8 Å². The maximum absolute atomic E-state index is 11.9. The number of carbonyl (C=O) groups is 1. The van der Waals surface area contributed by atoms with Crippen LogP contribution in [-0.2, 0) is 4.79 Å². The first-order valence-corrected chi connectivity index (χ1v) is 8.58. The smallest absolute Gasteiger partial charge is 0.270 e. The monoisotopic (exact) mass is 374 g/mol. The summed E-state index contributed by atoms with van der Waals surface area (Å²) in [7, 11) is 0. The van der Waals surface area contributed by atoms with Crippen LogP contribution in [0.4, 0.5) is 11.4 Å². The molecule has 7 nitrogen and oxygen atoms in total. The molecule has 0 aliphatic heterocycles. The Balaban J connectivity index is 1.50. The number of hydrogen-bond acceptors (Lipinski definition) is 5. The van der Waals surface area contributed by atoms with Crippen LogP contribution in [0.5, 0.6) is 0 Å². The largest absolute Gasteiger partial charge is 0.376 e. The summed E-state index contributed by atoms with van der Waals surface area (Å²) >= 11 is 0. The Morgan fingerprint density at radius 3 is 2.71 bits per heavy atom. The summed E-state index contributed by atoms with van der Waals surface area (Å²) in [5.74, 6) is -0.284. The minimum absolute atomic E-state index is 0.0203. The third-order valence-corrected chi connectivity index (χ3v) is 3.95. The molecule has 2 N–H and O–H groups in total. The standard InChI is InChI=1S/C21H18N4O3/c26-21(15-22-20-12-4-9-17-8-1-2-11-19(17)20)24-23-13-5-7-16-6-3-10-18(14-16)25(27)28/h1-14,22H,15H2,(H,24,26). The summed E-state index contributed by atoms with van der Waals surface area (Å²) in [5, 5.41) is 19.8. The summed E-state index contributed by atoms with van der Waals surface area (Å²) in [6.45, 7) is 0.0833. The van der Waals surface area contributed by atoms with E-state index >= 15 is 0 Å². The Morgan fingerprint density at radius 1 is 1.07 bits per heavy atom. The van der Waals surface area contributed by atoms with Gasteiger partial charge in [-0.2, -0.15) is 5.10 Å². The predicted molar refractivity (Wildman–Crippen MR) is 111 cm³/mol. The Morgan fingerprint density at radius 2 is 1.86 bits per heavy atom. The van der Waals surface area contributed by atoms with Gasteiger partial charge >= 0.3 is 0 Å². The van der Waals surface area contributed by atoms with Crippen molar-refractivity contribution in [3.05, 3.63) is 88.5 Å². The quantitative estimate of drug-likeness (QED) is 0.371. The lowest BCUT2D eigenvalue weighted by Crippen LogP contribution is -2.25. The van der Waals surface area contributed by atoms with Crippen molar-refractivity contribution in [3.8, 4) is 0 Å². The molecule has 7 heteroatoms. The van der Waals surface area contributed by atoms with Crippen molar-refractivity contribution >= 4 is 40.3 Å². The molecule has 0 aromatic heterocycles. The van der Waals surface area contributed by atoms with Crippen molar-refractivity contribution in [1.82, 2.24) is 5.43 Å². The molecule has 0 fully saturated rings. The maximum Gasteiger partial charge on any atom is 0.270 e. The number of benzene rings is 3. The number of anilines is 1. The number of nitro groups is 1. The molecule has 1 amide bonds. The second-order valence-corrected chi connectivity index (χ2v) is 5.90. The van der Waals surface area contributed by atoms with Crippen LogP contribution in [0.2, 0.25) is 0 Å². The van der Waals surface area contributed by atoms with E-state index < -0.39 is 4.92 Å². The zero-order valence-corrected chi connectivity index (χ0v) is 14.9. The van der Waals surface area contributed by atoms with E-state index in [2.05, 4.69) is 15.8 Å². The summed E-state index contributed by atoms with van der Waals surface area (Å²) in [6, 6.07) is 20.0. The molecule has 0 saturated carbocycles. The lowest BCUT2D eigenvalue weighted by Gasteiger charge is -2.08. The Bertz CT molecular complexity index is 1050. The number of nitrogens with one attached hydrogen (secondary N) is 2. The number of fused-ring (bicyclic) bond motifs is 1. The van der Waals surface area contributed by atoms with Crippen molar-refractivity contribution in [3.63, 3.8) is 0 Å². The average Bonchev–Trinajstić information content (AvgIpc) is 2.72. The average molecular weight is 374 g/mol. The third-order valence-electron chi connectivity index (χ3n) is 3.95. The van der Waals surface area contributed by atoms with Gasteiger partial charge in [0.2, 0.25) is 0 Å². The fraction of sp³-hybridized carbons (Fsp3) is 0.0476. The lowest BCUT2D eigenvalue weighted by atomic mass is 10.1. The topological polar surface area (TPSA) is 96.6 Å². The highest BCUT2D eigenvalue weighted by Crippen LogP contribution is 2.22. The van der Waals surface area contributed by atoms with Gasteiger partial charge in [-0.15, -0.1) is 0 Å². The number of nitrogens with zero attached hydrogens (tertiary/aromatic N) is 2. The van der Waals surface area contributed by atoms with E-state index in [0.717, 1.165) is 16.5 Å². The predicted octanol–water partition coefficient (Wildman–Crippen LogP) is 3.98. The summed E-state index contributed by atoms with van der Waals surface area (Å²) in [4.78, 5) is 22.2. The first kappa shape index (κ1) is 18.8. The van der Waals surface area contributed by atoms with Crippen LogP contribution in [0.15, 0.2) is 77.9 Å². The molecule has 0 unspecified atom stereocenters. The molecule has 28 heavy (non-hydrogen) atoms. The van der Waals surface area contributed by atoms with Gasteiger partial charge in [0.25, 0.3) is 11.6 Å². The zero-order valence-electron chi connectivity index (χ0n) is 14.9. The first-order chi connectivity index (χ1) is 13.6. The van der Waals surface area contributed by atoms with Crippen LogP contribution >= 0.6 is 0 Å². The highest BCUT2D eigenvalue weighted by molar-refractivity contribution is 5.95. The summed E-state index contributed by atoms with van der Waals surface area (Å²) in [6.07, 6.45) is 4.67. The number of carbonyl (C=O) groups excluding carboxylic acids is 1. The molecule has 0 bridgehead atoms. The van der Waals surface area contributed by atoms with E-state index in [0.29, 0.717) is 5.56 Å². The van der Waals surface area contributed by atoms with Crippen LogP contribution in [0.1, 0.15) is 5.56 Å². The van der Waals surface area contributed by atoms with E-state index in [-0.39, 0.29) is 18.1 Å². The van der Waals surface area contributed by atoms with Gasteiger partial charge in [0.05, 0.1) is 11.5 Å². The van der Waals surface area contributed by atoms with Gasteiger partial charge < -0.3 is 5.32 Å². The molecular formula is C21H18N4O3. The van der Waals surface area contributed by atoms with Crippen molar-refractivity contribution in [2.75, 3.05) is 11.9 Å². The van der Waals surface area contributed by atoms with Crippen LogP contribution < -0.4 is 10.7 Å². The Hall–Kier alpha value is -4.00. The zero-order chi connectivity index (χ0) is 19.8. The van der Waals surface area contributed by atoms with Gasteiger partial charge in [0.15, 0.2) is 0 Å². The van der Waals surface area contributed by atoms with E-state index in [1.165, 1.54) is 18.3 Å². The van der Waals surface area contributed by atoms with Crippen LogP contribution in [-0.4, -0.2) is 23.6 Å². The molecule has 0 radical (unpaired) electrons. The minimum Gasteiger partial charge on any atom is -0.376 e. The number of non-ortho nitro benzene ring substituents is 1. The second-order valence-electron chi connectivity index (χ2n) is 5.90. The molecule has 140 valence electrons. The van der Waals surface area contributed by atoms with Crippen LogP contribution in [0.3, 0.4) is 0 Å². The number of hydrazone groups is 1. The molecular weight excluding hydrogens is 356 g/mol. The number of rotatable bonds is 7. The normalized spacial score (nSPS) is 11.1. The molecule has 0 atom stereocenters. The van der Waals surface area contributed by atoms with Gasteiger partial charge in [0, 0.05) is 29.4 Å². The molecule has 3 rings (SSSR count). The Labute approximate surface area is 161 Å². The third kappa shape index (κ3) is 5.01. The molecule has 0 heterocycles. The number of hydrogen-bond donors (Lipinski definition) is 2. The SMILES string of the molecule is O=C(CNc1cccc2ccccc12)NN=CC=Cc1cccc([N+](=O)[O-])c1. The van der Waals surface area contributed by atoms with Gasteiger partial charge in [-0.05, 0) is 23.1 Å². The fourth-order valence-electron chi connectivity index (χ4n) is 2.64. The Kier molecular flexibility index (Phi) is 6.10. The van der Waals surface area contributed by atoms with Gasteiger partial charge in [0.1, 0.15) is 0 Å². The van der Waals surface area contributed by atoms with E-state index in [9.17, 15) is 14.9 Å². The first-order valence-electron chi connectivity index (χ1n) is 8.58. The molecule has 0 aliphatic carbocycles. The maximum atomic E-state index is 11.9. The fourth-order valence-corrected chi connectivity index (χ4v) is 2.64. The van der Waals surface area contributed by atoms with Crippen molar-refractivity contribution in [2.24, 2.45) is 5.10 Å². The molecule has 3 aromatic rings. The van der Waals surface area contributed by atoms with E-state index in [1.807, 2.05) is 42.5 Å². The highest BCUT2D eigenvalue weighted by Gasteiger charge is 2.04. The number of amides is 1. The summed E-state index contributed by atoms with van der Waals surface area (Å²) in [5.41, 5.74) is 3.99. The van der Waals surface area contributed by atoms with Crippen molar-refractivity contribution < 1.29 is 9.72 Å². The highest BCUT2D eigenvalue weighted by atomic mass is 16.6. The van der Waals surface area contributed by atoms with Gasteiger partial charge in [-0.1, -0.05) is 54.6 Å². The lowest BCUT2D eigenvalue weighted by molar-refractivity contribution is -0.384. The minimum atomic E-state index is -0.450. The number of allylic oxidation sites excluding steroid dienone is 1. The molecule has 0 saturated heterocycles. The number of nitro benzene ring substituents is 1. The van der Waals surface area contributed by atoms with E-state index in [4.69, 9.17) is 0 Å². The van der Waals surface area contributed by atoms with E-state index in [1.54, 1.807) is 24.3 Å². The molecule has 3 aromatic carbocycles. The molecule has 0 spiro atoms. The van der Waals surface area contributed by atoms with Crippen molar-refractivity contribution in [2.45, 2.75) is 0 Å². The second kappa shape index (κ2) is 9.09. The van der Waals surface area contributed by atoms with Crippen LogP contribution in [0, 0.1) is 10.1 Å². The van der Waals surface area contributed by atoms with Gasteiger partial charge in [-0.3, -0.25) is 14.9 Å². The van der Waals surface area contributed by atoms with Crippen molar-refractivity contribution in [1.29, 1.82) is 0 Å².